The molecule has 0 radical (unpaired) electrons. The molecule has 0 unspecified atom stereocenters. The van der Waals surface area contributed by atoms with Crippen LogP contribution in [0.1, 0.15) is 38.5 Å². The summed E-state index contributed by atoms with van der Waals surface area (Å²) < 4.78 is 0.702. The number of hydrogen-bond donors (Lipinski definition) is 2. The van der Waals surface area contributed by atoms with Crippen LogP contribution in [0.3, 0.4) is 0 Å². The normalized spacial score (nSPS) is 16.1. The van der Waals surface area contributed by atoms with Gasteiger partial charge < -0.3 is 10.6 Å². The number of hydrogen-bond acceptors (Lipinski definition) is 4. The lowest BCUT2D eigenvalue weighted by Crippen LogP contribution is -2.36. The number of carbonyl (C=O) groups excluding carboxylic acids is 1. The number of nitrogens with zero attached hydrogens (tertiary/aromatic N) is 2. The molecule has 1 aromatic rings. The zero-order valence-corrected chi connectivity index (χ0v) is 12.4. The summed E-state index contributed by atoms with van der Waals surface area (Å²) in [6.07, 6.45) is 9.75. The first-order valence-corrected chi connectivity index (χ1v) is 7.54. The Kier molecular flexibility index (Phi) is 5.57. The molecule has 0 saturated heterocycles. The van der Waals surface area contributed by atoms with E-state index in [0.717, 1.165) is 12.8 Å². The van der Waals surface area contributed by atoms with Gasteiger partial charge in [-0.15, -0.1) is 0 Å². The molecule has 1 fully saturated rings. The molecule has 0 spiro atoms. The van der Waals surface area contributed by atoms with Crippen molar-refractivity contribution in [3.8, 4) is 0 Å². The van der Waals surface area contributed by atoms with Gasteiger partial charge in [-0.05, 0) is 28.8 Å². The van der Waals surface area contributed by atoms with Gasteiger partial charge >= 0.3 is 0 Å². The average Bonchev–Trinajstić information content (AvgIpc) is 2.42. The molecule has 0 bridgehead atoms. The van der Waals surface area contributed by atoms with Gasteiger partial charge in [0.15, 0.2) is 0 Å². The van der Waals surface area contributed by atoms with E-state index >= 15 is 0 Å². The molecule has 1 aliphatic carbocycles. The van der Waals surface area contributed by atoms with E-state index in [2.05, 4.69) is 36.5 Å². The molecule has 5 nitrogen and oxygen atoms in total. The fraction of sp³-hybridized carbons (Fsp3) is 0.615. The molecule has 0 aliphatic heterocycles. The fourth-order valence-electron chi connectivity index (χ4n) is 2.25. The lowest BCUT2D eigenvalue weighted by molar-refractivity contribution is -0.121. The van der Waals surface area contributed by atoms with Gasteiger partial charge in [-0.25, -0.2) is 9.97 Å². The van der Waals surface area contributed by atoms with E-state index in [4.69, 9.17) is 0 Å². The van der Waals surface area contributed by atoms with Crippen LogP contribution in [0, 0.1) is 0 Å². The van der Waals surface area contributed by atoms with Crippen molar-refractivity contribution in [3.05, 3.63) is 17.0 Å². The second-order valence-electron chi connectivity index (χ2n) is 4.80. The topological polar surface area (TPSA) is 66.9 Å². The molecule has 1 heterocycles. The Morgan fingerprint density at radius 3 is 2.74 bits per heavy atom. The predicted molar refractivity (Wildman–Crippen MR) is 77.9 cm³/mol. The van der Waals surface area contributed by atoms with Gasteiger partial charge in [0.2, 0.25) is 5.91 Å². The number of aromatic nitrogens is 2. The molecule has 6 heteroatoms. The number of rotatable bonds is 5. The Morgan fingerprint density at radius 2 is 2.05 bits per heavy atom. The van der Waals surface area contributed by atoms with E-state index in [1.54, 1.807) is 12.4 Å². The maximum atomic E-state index is 11.8. The SMILES string of the molecule is O=C(CCNc1cnc(Br)cn1)NC1CCCCC1. The van der Waals surface area contributed by atoms with Gasteiger partial charge in [0.25, 0.3) is 0 Å². The Morgan fingerprint density at radius 1 is 1.26 bits per heavy atom. The summed E-state index contributed by atoms with van der Waals surface area (Å²) in [5.41, 5.74) is 0. The summed E-state index contributed by atoms with van der Waals surface area (Å²) in [4.78, 5) is 20.0. The minimum absolute atomic E-state index is 0.115. The molecule has 1 amide bonds. The first-order valence-electron chi connectivity index (χ1n) is 6.75. The Hall–Kier alpha value is -1.17. The summed E-state index contributed by atoms with van der Waals surface area (Å²) >= 11 is 3.23. The van der Waals surface area contributed by atoms with Crippen molar-refractivity contribution in [2.45, 2.75) is 44.6 Å². The van der Waals surface area contributed by atoms with Crippen molar-refractivity contribution in [3.63, 3.8) is 0 Å². The molecule has 19 heavy (non-hydrogen) atoms. The van der Waals surface area contributed by atoms with Crippen molar-refractivity contribution in [1.82, 2.24) is 15.3 Å². The zero-order chi connectivity index (χ0) is 13.5. The van der Waals surface area contributed by atoms with E-state index in [-0.39, 0.29) is 5.91 Å². The monoisotopic (exact) mass is 326 g/mol. The second-order valence-corrected chi connectivity index (χ2v) is 5.62. The third-order valence-corrected chi connectivity index (χ3v) is 3.66. The number of carbonyl (C=O) groups is 1. The third kappa shape index (κ3) is 5.14. The number of anilines is 1. The first kappa shape index (κ1) is 14.2. The summed E-state index contributed by atoms with van der Waals surface area (Å²) in [5, 5.41) is 6.18. The zero-order valence-electron chi connectivity index (χ0n) is 10.9. The molecule has 104 valence electrons. The average molecular weight is 327 g/mol. The summed E-state index contributed by atoms with van der Waals surface area (Å²) in [7, 11) is 0. The number of amides is 1. The van der Waals surface area contributed by atoms with Crippen LogP contribution in [0.5, 0.6) is 0 Å². The van der Waals surface area contributed by atoms with Crippen LogP contribution < -0.4 is 10.6 Å². The van der Waals surface area contributed by atoms with Crippen molar-refractivity contribution in [2.24, 2.45) is 0 Å². The maximum absolute atomic E-state index is 11.8. The first-order chi connectivity index (χ1) is 9.24. The molecule has 1 saturated carbocycles. The summed E-state index contributed by atoms with van der Waals surface area (Å²) in [6, 6.07) is 0.383. The minimum Gasteiger partial charge on any atom is -0.368 e. The highest BCUT2D eigenvalue weighted by molar-refractivity contribution is 9.10. The van der Waals surface area contributed by atoms with Crippen LogP contribution in [0.15, 0.2) is 17.0 Å². The Bertz CT molecular complexity index is 404. The quantitative estimate of drug-likeness (QED) is 0.872. The van der Waals surface area contributed by atoms with Crippen LogP contribution in [0.4, 0.5) is 5.82 Å². The van der Waals surface area contributed by atoms with Crippen molar-refractivity contribution in [2.75, 3.05) is 11.9 Å². The van der Waals surface area contributed by atoms with Crippen LogP contribution in [0.2, 0.25) is 0 Å². The minimum atomic E-state index is 0.115. The summed E-state index contributed by atoms with van der Waals surface area (Å²) in [6.45, 7) is 0.578. The van der Waals surface area contributed by atoms with Gasteiger partial charge in [0.05, 0.1) is 12.4 Å². The van der Waals surface area contributed by atoms with Crippen LogP contribution in [-0.4, -0.2) is 28.5 Å². The van der Waals surface area contributed by atoms with Gasteiger partial charge in [-0.1, -0.05) is 19.3 Å². The third-order valence-electron chi connectivity index (χ3n) is 3.25. The lowest BCUT2D eigenvalue weighted by atomic mass is 9.95. The Balaban J connectivity index is 1.64. The summed E-state index contributed by atoms with van der Waals surface area (Å²) in [5.74, 6) is 0.804. The number of nitrogens with one attached hydrogen (secondary N) is 2. The van der Waals surface area contributed by atoms with Crippen LogP contribution >= 0.6 is 15.9 Å². The molecule has 0 aromatic carbocycles. The van der Waals surface area contributed by atoms with Crippen molar-refractivity contribution >= 4 is 27.7 Å². The van der Waals surface area contributed by atoms with Crippen molar-refractivity contribution < 1.29 is 4.79 Å². The van der Waals surface area contributed by atoms with E-state index in [9.17, 15) is 4.79 Å². The lowest BCUT2D eigenvalue weighted by Gasteiger charge is -2.22. The number of halogens is 1. The fourth-order valence-corrected chi connectivity index (χ4v) is 2.46. The smallest absolute Gasteiger partial charge is 0.221 e. The maximum Gasteiger partial charge on any atom is 0.221 e. The molecule has 2 N–H and O–H groups in total. The molecular weight excluding hydrogens is 308 g/mol. The van der Waals surface area contributed by atoms with Gasteiger partial charge in [0.1, 0.15) is 10.4 Å². The van der Waals surface area contributed by atoms with E-state index in [0.29, 0.717) is 29.4 Å². The van der Waals surface area contributed by atoms with Crippen LogP contribution in [-0.2, 0) is 4.79 Å². The molecule has 0 atom stereocenters. The van der Waals surface area contributed by atoms with Gasteiger partial charge in [-0.3, -0.25) is 4.79 Å². The van der Waals surface area contributed by atoms with Gasteiger partial charge in [-0.2, -0.15) is 0 Å². The molecular formula is C13H19BrN4O. The predicted octanol–water partition coefficient (Wildman–Crippen LogP) is 2.49. The van der Waals surface area contributed by atoms with E-state index < -0.39 is 0 Å². The highest BCUT2D eigenvalue weighted by atomic mass is 79.9. The molecule has 1 aliphatic rings. The Labute approximate surface area is 121 Å². The van der Waals surface area contributed by atoms with Gasteiger partial charge in [0, 0.05) is 19.0 Å². The highest BCUT2D eigenvalue weighted by Crippen LogP contribution is 2.17. The largest absolute Gasteiger partial charge is 0.368 e. The second kappa shape index (κ2) is 7.43. The van der Waals surface area contributed by atoms with Crippen molar-refractivity contribution in [1.29, 1.82) is 0 Å². The highest BCUT2D eigenvalue weighted by Gasteiger charge is 2.15. The van der Waals surface area contributed by atoms with E-state index in [1.807, 2.05) is 0 Å². The standard InChI is InChI=1S/C13H19BrN4O/c14-11-8-17-12(9-16-11)15-7-6-13(19)18-10-4-2-1-3-5-10/h8-10H,1-7H2,(H,15,17)(H,18,19). The van der Waals surface area contributed by atoms with Crippen LogP contribution in [0.25, 0.3) is 0 Å². The molecule has 1 aromatic heterocycles. The van der Waals surface area contributed by atoms with E-state index in [1.165, 1.54) is 19.3 Å². The molecule has 2 rings (SSSR count).